The molecule has 4 amide bonds. The highest BCUT2D eigenvalue weighted by atomic mass is 16.4. The normalized spacial score (nSPS) is 17.0. The Morgan fingerprint density at radius 1 is 0.842 bits per heavy atom. The number of aliphatic carboxylic acids is 1. The van der Waals surface area contributed by atoms with Crippen LogP contribution in [0.1, 0.15) is 84.6 Å². The standard InChI is InChI=1S/C38H66N12O7/c1-5-23(4)31(34(54)48-30(36(56)57)19-22(2)3)49-33(53)29(20-24-12-14-26(51)15-13-24)46-21-25-9-8-18-50(25)35(55)28(11-7-17-45-38(42)43)47-32(52)27(39)10-6-16-44-37(40)41/h12-15,22-23,25,27-31,46,51H,5-11,16-21,39H2,1-4H3,(H,47,52)(H,48,54)(H,49,53)(H,56,57)(H4,40,41,44)(H4,42,43,45)/t23?,25-,27-,28-,29-,30-,31-/m0/s1. The second-order valence-electron chi connectivity index (χ2n) is 15.1. The Morgan fingerprint density at radius 2 is 1.44 bits per heavy atom. The number of phenolic OH excluding ortho intramolecular Hbond substituents is 1. The van der Waals surface area contributed by atoms with Gasteiger partial charge in [-0.1, -0.05) is 46.2 Å². The van der Waals surface area contributed by atoms with Gasteiger partial charge in [0, 0.05) is 32.2 Å². The van der Waals surface area contributed by atoms with Crippen LogP contribution in [0, 0.1) is 11.8 Å². The van der Waals surface area contributed by atoms with Gasteiger partial charge in [0.15, 0.2) is 11.9 Å². The van der Waals surface area contributed by atoms with Crippen molar-refractivity contribution in [2.24, 2.45) is 50.5 Å². The van der Waals surface area contributed by atoms with Crippen molar-refractivity contribution in [3.8, 4) is 5.75 Å². The molecule has 1 aliphatic heterocycles. The number of carbonyl (C=O) groups excluding carboxylic acids is 4. The minimum atomic E-state index is -1.16. The van der Waals surface area contributed by atoms with E-state index in [1.807, 2.05) is 20.8 Å². The van der Waals surface area contributed by atoms with Gasteiger partial charge in [0.2, 0.25) is 23.6 Å². The molecule has 1 unspecified atom stereocenters. The number of hydrogen-bond acceptors (Lipinski definition) is 10. The second kappa shape index (κ2) is 24.5. The Morgan fingerprint density at radius 3 is 2.00 bits per heavy atom. The maximum Gasteiger partial charge on any atom is 0.326 e. The van der Waals surface area contributed by atoms with E-state index in [-0.39, 0.29) is 80.2 Å². The molecule has 57 heavy (non-hydrogen) atoms. The lowest BCUT2D eigenvalue weighted by atomic mass is 9.96. The molecule has 0 spiro atoms. The smallest absolute Gasteiger partial charge is 0.326 e. The number of likely N-dealkylation sites (tertiary alicyclic amines) is 1. The molecule has 0 aromatic heterocycles. The molecule has 1 saturated heterocycles. The Bertz CT molecular complexity index is 1520. The number of guanidine groups is 2. The van der Waals surface area contributed by atoms with E-state index in [1.165, 1.54) is 12.1 Å². The summed E-state index contributed by atoms with van der Waals surface area (Å²) in [6, 6.07) is 1.18. The molecule has 0 radical (unpaired) electrons. The van der Waals surface area contributed by atoms with Crippen molar-refractivity contribution < 1.29 is 34.2 Å². The summed E-state index contributed by atoms with van der Waals surface area (Å²) in [6.45, 7) is 8.56. The lowest BCUT2D eigenvalue weighted by Crippen LogP contribution is -2.59. The number of aromatic hydroxyl groups is 1. The number of nitrogens with one attached hydrogen (secondary N) is 4. The molecule has 1 aromatic carbocycles. The van der Waals surface area contributed by atoms with Crippen molar-refractivity contribution in [1.82, 2.24) is 26.2 Å². The summed E-state index contributed by atoms with van der Waals surface area (Å²) in [5, 5.41) is 31.3. The van der Waals surface area contributed by atoms with Crippen LogP contribution < -0.4 is 49.9 Å². The van der Waals surface area contributed by atoms with Crippen LogP contribution in [0.15, 0.2) is 34.3 Å². The average Bonchev–Trinajstić information content (AvgIpc) is 3.63. The molecule has 1 heterocycles. The number of aliphatic imine (C=N–C) groups is 2. The highest BCUT2D eigenvalue weighted by Gasteiger charge is 2.36. The fraction of sp³-hybridized carbons (Fsp3) is 0.658. The predicted molar refractivity (Wildman–Crippen MR) is 218 cm³/mol. The fourth-order valence-electron chi connectivity index (χ4n) is 6.54. The zero-order valence-corrected chi connectivity index (χ0v) is 33.8. The summed E-state index contributed by atoms with van der Waals surface area (Å²) < 4.78 is 0. The lowest BCUT2D eigenvalue weighted by Gasteiger charge is -2.32. The molecule has 1 aliphatic rings. The lowest BCUT2D eigenvalue weighted by molar-refractivity contribution is -0.143. The number of nitrogens with zero attached hydrogens (tertiary/aromatic N) is 3. The zero-order chi connectivity index (χ0) is 42.7. The molecule has 0 saturated carbocycles. The van der Waals surface area contributed by atoms with Gasteiger partial charge in [-0.15, -0.1) is 0 Å². The third-order valence-corrected chi connectivity index (χ3v) is 9.93. The van der Waals surface area contributed by atoms with Crippen molar-refractivity contribution >= 4 is 41.5 Å². The predicted octanol–water partition coefficient (Wildman–Crippen LogP) is -1.05. The summed E-state index contributed by atoms with van der Waals surface area (Å²) in [5.41, 5.74) is 28.6. The molecule has 7 atom stereocenters. The van der Waals surface area contributed by atoms with Crippen molar-refractivity contribution in [2.45, 2.75) is 122 Å². The monoisotopic (exact) mass is 803 g/mol. The Balaban J connectivity index is 2.29. The SMILES string of the molecule is CCC(C)[C@H](NC(=O)[C@H](Cc1ccc(O)cc1)NC[C@@H]1CCCN1C(=O)[C@H](CCCN=C(N)N)NC(=O)[C@@H](N)CCCN=C(N)N)C(=O)N[C@@H](CC(C)C)C(=O)O. The van der Waals surface area contributed by atoms with Gasteiger partial charge in [0.05, 0.1) is 12.1 Å². The molecule has 1 fully saturated rings. The highest BCUT2D eigenvalue weighted by Crippen LogP contribution is 2.20. The Hall–Kier alpha value is -5.17. The molecule has 0 bridgehead atoms. The summed E-state index contributed by atoms with van der Waals surface area (Å²) in [6.07, 6.45) is 3.61. The minimum Gasteiger partial charge on any atom is -0.508 e. The molecular formula is C38H66N12O7. The average molecular weight is 803 g/mol. The van der Waals surface area contributed by atoms with E-state index in [9.17, 15) is 34.2 Å². The van der Waals surface area contributed by atoms with Gasteiger partial charge in [-0.25, -0.2) is 4.79 Å². The number of amides is 4. The van der Waals surface area contributed by atoms with Crippen LogP contribution in [0.2, 0.25) is 0 Å². The number of carboxylic acids is 1. The minimum absolute atomic E-state index is 0.00525. The summed E-state index contributed by atoms with van der Waals surface area (Å²) in [7, 11) is 0. The Labute approximate surface area is 335 Å². The van der Waals surface area contributed by atoms with E-state index in [2.05, 4.69) is 31.3 Å². The van der Waals surface area contributed by atoms with Gasteiger partial charge in [0.25, 0.3) is 0 Å². The maximum atomic E-state index is 14.1. The van der Waals surface area contributed by atoms with E-state index in [4.69, 9.17) is 28.7 Å². The number of phenols is 1. The number of nitrogens with two attached hydrogens (primary N) is 5. The zero-order valence-electron chi connectivity index (χ0n) is 33.8. The number of carboxylic acid groups (broad SMARTS) is 1. The molecule has 320 valence electrons. The number of carbonyl (C=O) groups is 5. The summed E-state index contributed by atoms with van der Waals surface area (Å²) in [4.78, 5) is 76.4. The first-order valence-electron chi connectivity index (χ1n) is 19.7. The van der Waals surface area contributed by atoms with E-state index >= 15 is 0 Å². The fourth-order valence-corrected chi connectivity index (χ4v) is 6.54. The number of rotatable bonds is 25. The molecular weight excluding hydrogens is 736 g/mol. The second-order valence-corrected chi connectivity index (χ2v) is 15.1. The first kappa shape index (κ1) is 48.0. The summed E-state index contributed by atoms with van der Waals surface area (Å²) >= 11 is 0. The topological polar surface area (TPSA) is 332 Å². The van der Waals surface area contributed by atoms with Crippen molar-refractivity contribution in [2.75, 3.05) is 26.2 Å². The molecule has 0 aliphatic carbocycles. The van der Waals surface area contributed by atoms with E-state index < -0.39 is 53.9 Å². The largest absolute Gasteiger partial charge is 0.508 e. The number of benzene rings is 1. The van der Waals surface area contributed by atoms with E-state index in [0.29, 0.717) is 45.2 Å². The van der Waals surface area contributed by atoms with Crippen molar-refractivity contribution in [3.05, 3.63) is 29.8 Å². The molecule has 19 nitrogen and oxygen atoms in total. The van der Waals surface area contributed by atoms with Gasteiger partial charge in [-0.05, 0) is 80.9 Å². The van der Waals surface area contributed by atoms with Crippen molar-refractivity contribution in [3.63, 3.8) is 0 Å². The maximum absolute atomic E-state index is 14.1. The Kier molecular flexibility index (Phi) is 20.6. The van der Waals surface area contributed by atoms with Crippen LogP contribution in [-0.4, -0.2) is 119 Å². The van der Waals surface area contributed by atoms with Crippen LogP contribution in [0.5, 0.6) is 5.75 Å². The summed E-state index contributed by atoms with van der Waals surface area (Å²) in [5.74, 6) is -3.48. The van der Waals surface area contributed by atoms with Crippen LogP contribution in [0.4, 0.5) is 0 Å². The van der Waals surface area contributed by atoms with Gasteiger partial charge in [-0.2, -0.15) is 0 Å². The van der Waals surface area contributed by atoms with Gasteiger partial charge in [0.1, 0.15) is 23.9 Å². The van der Waals surface area contributed by atoms with Crippen LogP contribution in [-0.2, 0) is 30.4 Å². The van der Waals surface area contributed by atoms with Crippen LogP contribution in [0.25, 0.3) is 0 Å². The molecule has 1 aromatic rings. The third kappa shape index (κ3) is 17.2. The molecule has 19 heteroatoms. The van der Waals surface area contributed by atoms with Gasteiger partial charge in [-0.3, -0.25) is 29.2 Å². The molecule has 16 N–H and O–H groups in total. The highest BCUT2D eigenvalue weighted by molar-refractivity contribution is 5.92. The number of hydrogen-bond donors (Lipinski definition) is 11. The van der Waals surface area contributed by atoms with Gasteiger partial charge < -0.3 is 65.0 Å². The van der Waals surface area contributed by atoms with E-state index in [0.717, 1.165) is 5.56 Å². The van der Waals surface area contributed by atoms with Crippen LogP contribution >= 0.6 is 0 Å². The molecule has 2 rings (SSSR count). The quantitative estimate of drug-likeness (QED) is 0.0320. The third-order valence-electron chi connectivity index (χ3n) is 9.93. The van der Waals surface area contributed by atoms with Gasteiger partial charge >= 0.3 is 5.97 Å². The van der Waals surface area contributed by atoms with E-state index in [1.54, 1.807) is 24.0 Å². The first-order chi connectivity index (χ1) is 26.9. The first-order valence-corrected chi connectivity index (χ1v) is 19.7. The van der Waals surface area contributed by atoms with Crippen molar-refractivity contribution in [1.29, 1.82) is 0 Å². The van der Waals surface area contributed by atoms with Crippen LogP contribution in [0.3, 0.4) is 0 Å².